The van der Waals surface area contributed by atoms with Gasteiger partial charge >= 0.3 is 0 Å². The van der Waals surface area contributed by atoms with Crippen LogP contribution in [0.1, 0.15) is 17.8 Å². The summed E-state index contributed by atoms with van der Waals surface area (Å²) in [4.78, 5) is 34.4. The summed E-state index contributed by atoms with van der Waals surface area (Å²) >= 11 is 1.39. The number of hydrogen-bond donors (Lipinski definition) is 1. The smallest absolute Gasteiger partial charge is 0.231 e. The summed E-state index contributed by atoms with van der Waals surface area (Å²) in [5, 5.41) is 5.24. The average molecular weight is 316 g/mol. The fourth-order valence-electron chi connectivity index (χ4n) is 2.41. The molecule has 0 spiro atoms. The van der Waals surface area contributed by atoms with Gasteiger partial charge in [-0.1, -0.05) is 6.07 Å². The zero-order chi connectivity index (χ0) is 15.5. The van der Waals surface area contributed by atoms with Gasteiger partial charge in [0.2, 0.25) is 11.8 Å². The third-order valence-corrected chi connectivity index (χ3v) is 4.39. The molecule has 6 nitrogen and oxygen atoms in total. The standard InChI is InChI=1S/C15H16N4O2S/c1-10-9-22-15(17-10)18-14(21)11-6-13(20)19(7-11)8-12-4-2-3-5-16-12/h2-5,9,11H,6-8H2,1H3,(H,17,18,21)/t11-/m0/s1. The van der Waals surface area contributed by atoms with Gasteiger partial charge in [0.05, 0.1) is 23.9 Å². The van der Waals surface area contributed by atoms with Crippen molar-refractivity contribution in [3.63, 3.8) is 0 Å². The Morgan fingerprint density at radius 2 is 2.36 bits per heavy atom. The summed E-state index contributed by atoms with van der Waals surface area (Å²) in [6.45, 7) is 2.74. The van der Waals surface area contributed by atoms with Crippen LogP contribution >= 0.6 is 11.3 Å². The van der Waals surface area contributed by atoms with Crippen molar-refractivity contribution >= 4 is 28.3 Å². The molecule has 0 bridgehead atoms. The Balaban J connectivity index is 1.60. The molecule has 1 saturated heterocycles. The van der Waals surface area contributed by atoms with Gasteiger partial charge < -0.3 is 10.2 Å². The van der Waals surface area contributed by atoms with Gasteiger partial charge in [0.25, 0.3) is 0 Å². The molecule has 7 heteroatoms. The lowest BCUT2D eigenvalue weighted by atomic mass is 10.1. The Hall–Kier alpha value is -2.28. The van der Waals surface area contributed by atoms with Crippen molar-refractivity contribution in [1.82, 2.24) is 14.9 Å². The van der Waals surface area contributed by atoms with Crippen molar-refractivity contribution in [2.45, 2.75) is 19.9 Å². The number of aryl methyl sites for hydroxylation is 1. The fourth-order valence-corrected chi connectivity index (χ4v) is 3.10. The maximum absolute atomic E-state index is 12.2. The van der Waals surface area contributed by atoms with Crippen molar-refractivity contribution in [3.8, 4) is 0 Å². The number of aromatic nitrogens is 2. The molecule has 3 rings (SSSR count). The van der Waals surface area contributed by atoms with Gasteiger partial charge in [-0.15, -0.1) is 11.3 Å². The number of rotatable bonds is 4. The van der Waals surface area contributed by atoms with Gasteiger partial charge in [0.15, 0.2) is 5.13 Å². The van der Waals surface area contributed by atoms with Gasteiger partial charge in [-0.25, -0.2) is 4.98 Å². The summed E-state index contributed by atoms with van der Waals surface area (Å²) < 4.78 is 0. The number of carbonyl (C=O) groups excluding carboxylic acids is 2. The molecule has 22 heavy (non-hydrogen) atoms. The van der Waals surface area contributed by atoms with E-state index in [0.717, 1.165) is 11.4 Å². The molecule has 1 aliphatic heterocycles. The van der Waals surface area contributed by atoms with Gasteiger partial charge in [0, 0.05) is 24.5 Å². The molecule has 0 radical (unpaired) electrons. The van der Waals surface area contributed by atoms with Crippen LogP contribution in [0, 0.1) is 12.8 Å². The van der Waals surface area contributed by atoms with E-state index < -0.39 is 0 Å². The predicted molar refractivity (Wildman–Crippen MR) is 83.2 cm³/mol. The average Bonchev–Trinajstić information content (AvgIpc) is 3.07. The van der Waals surface area contributed by atoms with Crippen molar-refractivity contribution in [1.29, 1.82) is 0 Å². The van der Waals surface area contributed by atoms with E-state index in [9.17, 15) is 9.59 Å². The van der Waals surface area contributed by atoms with Crippen LogP contribution in [0.3, 0.4) is 0 Å². The molecule has 1 fully saturated rings. The third-order valence-electron chi connectivity index (χ3n) is 3.51. The molecule has 0 unspecified atom stereocenters. The van der Waals surface area contributed by atoms with Gasteiger partial charge in [-0.3, -0.25) is 14.6 Å². The number of nitrogens with one attached hydrogen (secondary N) is 1. The highest BCUT2D eigenvalue weighted by Crippen LogP contribution is 2.22. The topological polar surface area (TPSA) is 75.2 Å². The normalized spacial score (nSPS) is 17.8. The quantitative estimate of drug-likeness (QED) is 0.934. The molecular formula is C15H16N4O2S. The van der Waals surface area contributed by atoms with Crippen LogP contribution in [-0.4, -0.2) is 33.2 Å². The highest BCUT2D eigenvalue weighted by Gasteiger charge is 2.34. The Labute approximate surface area is 132 Å². The largest absolute Gasteiger partial charge is 0.336 e. The van der Waals surface area contributed by atoms with E-state index >= 15 is 0 Å². The van der Waals surface area contributed by atoms with Crippen molar-refractivity contribution in [2.75, 3.05) is 11.9 Å². The molecule has 1 aliphatic rings. The van der Waals surface area contributed by atoms with E-state index in [-0.39, 0.29) is 24.2 Å². The lowest BCUT2D eigenvalue weighted by molar-refractivity contribution is -0.128. The first-order chi connectivity index (χ1) is 10.6. The number of carbonyl (C=O) groups is 2. The molecule has 3 heterocycles. The van der Waals surface area contributed by atoms with Crippen LogP contribution in [0.15, 0.2) is 29.8 Å². The number of anilines is 1. The summed E-state index contributed by atoms with van der Waals surface area (Å²) in [6.07, 6.45) is 1.94. The minimum absolute atomic E-state index is 0.0128. The number of hydrogen-bond acceptors (Lipinski definition) is 5. The summed E-state index contributed by atoms with van der Waals surface area (Å²) in [7, 11) is 0. The molecule has 2 aromatic heterocycles. The fraction of sp³-hybridized carbons (Fsp3) is 0.333. The van der Waals surface area contributed by atoms with E-state index in [0.29, 0.717) is 18.2 Å². The van der Waals surface area contributed by atoms with Gasteiger partial charge in [0.1, 0.15) is 0 Å². The Bertz CT molecular complexity index is 686. The lowest BCUT2D eigenvalue weighted by Gasteiger charge is -2.15. The Kier molecular flexibility index (Phi) is 4.15. The molecule has 114 valence electrons. The van der Waals surface area contributed by atoms with Crippen LogP contribution in [0.25, 0.3) is 0 Å². The minimum atomic E-state index is -0.333. The Morgan fingerprint density at radius 1 is 1.50 bits per heavy atom. The summed E-state index contributed by atoms with van der Waals surface area (Å²) in [5.41, 5.74) is 1.70. The van der Waals surface area contributed by atoms with Crippen molar-refractivity contribution in [2.24, 2.45) is 5.92 Å². The number of likely N-dealkylation sites (tertiary alicyclic amines) is 1. The monoisotopic (exact) mass is 316 g/mol. The number of thiazole rings is 1. The van der Waals surface area contributed by atoms with E-state index in [1.54, 1.807) is 11.1 Å². The minimum Gasteiger partial charge on any atom is -0.336 e. The van der Waals surface area contributed by atoms with Gasteiger partial charge in [-0.05, 0) is 19.1 Å². The lowest BCUT2D eigenvalue weighted by Crippen LogP contribution is -2.28. The molecule has 0 saturated carbocycles. The summed E-state index contributed by atoms with van der Waals surface area (Å²) in [5.74, 6) is -0.493. The highest BCUT2D eigenvalue weighted by atomic mass is 32.1. The van der Waals surface area contributed by atoms with E-state index in [4.69, 9.17) is 0 Å². The second-order valence-corrected chi connectivity index (χ2v) is 6.14. The SMILES string of the molecule is Cc1csc(NC(=O)[C@H]2CC(=O)N(Cc3ccccn3)C2)n1. The first-order valence-electron chi connectivity index (χ1n) is 7.02. The molecule has 2 amide bonds. The molecule has 0 aliphatic carbocycles. The number of amides is 2. The first kappa shape index (κ1) is 14.6. The van der Waals surface area contributed by atoms with Crippen LogP contribution in [0.5, 0.6) is 0 Å². The molecule has 1 N–H and O–H groups in total. The molecular weight excluding hydrogens is 300 g/mol. The predicted octanol–water partition coefficient (Wildman–Crippen LogP) is 1.83. The van der Waals surface area contributed by atoms with Crippen molar-refractivity contribution < 1.29 is 9.59 Å². The van der Waals surface area contributed by atoms with E-state index in [1.807, 2.05) is 30.5 Å². The van der Waals surface area contributed by atoms with E-state index in [1.165, 1.54) is 11.3 Å². The van der Waals surface area contributed by atoms with Crippen LogP contribution in [-0.2, 0) is 16.1 Å². The molecule has 0 aromatic carbocycles. The second kappa shape index (κ2) is 6.23. The zero-order valence-electron chi connectivity index (χ0n) is 12.2. The Morgan fingerprint density at radius 3 is 3.05 bits per heavy atom. The maximum Gasteiger partial charge on any atom is 0.231 e. The zero-order valence-corrected chi connectivity index (χ0v) is 13.0. The second-order valence-electron chi connectivity index (χ2n) is 5.28. The van der Waals surface area contributed by atoms with Crippen LogP contribution in [0.4, 0.5) is 5.13 Å². The number of pyridine rings is 1. The third kappa shape index (κ3) is 3.30. The maximum atomic E-state index is 12.2. The van der Waals surface area contributed by atoms with Crippen LogP contribution in [0.2, 0.25) is 0 Å². The highest BCUT2D eigenvalue weighted by molar-refractivity contribution is 7.13. The van der Waals surface area contributed by atoms with Crippen LogP contribution < -0.4 is 5.32 Å². The number of nitrogens with zero attached hydrogens (tertiary/aromatic N) is 3. The molecule has 1 atom stereocenters. The van der Waals surface area contributed by atoms with E-state index in [2.05, 4.69) is 15.3 Å². The van der Waals surface area contributed by atoms with Crippen molar-refractivity contribution in [3.05, 3.63) is 41.2 Å². The first-order valence-corrected chi connectivity index (χ1v) is 7.90. The molecule has 2 aromatic rings. The summed E-state index contributed by atoms with van der Waals surface area (Å²) in [6, 6.07) is 5.60. The van der Waals surface area contributed by atoms with Gasteiger partial charge in [-0.2, -0.15) is 0 Å².